The Kier molecular flexibility index (Phi) is 3.20. The van der Waals surface area contributed by atoms with Crippen molar-refractivity contribution in [3.8, 4) is 6.07 Å². The topological polar surface area (TPSA) is 74.5 Å². The van der Waals surface area contributed by atoms with Crippen LogP contribution in [0, 0.1) is 11.3 Å². The fraction of sp³-hybridized carbons (Fsp3) is 0.250. The molecular formula is C16H13N5S. The van der Waals surface area contributed by atoms with Crippen LogP contribution < -0.4 is 5.32 Å². The zero-order valence-electron chi connectivity index (χ0n) is 11.8. The third kappa shape index (κ3) is 2.20. The summed E-state index contributed by atoms with van der Waals surface area (Å²) in [7, 11) is 0. The van der Waals surface area contributed by atoms with E-state index in [9.17, 15) is 0 Å². The monoisotopic (exact) mass is 307 g/mol. The van der Waals surface area contributed by atoms with Crippen LogP contribution in [0.1, 0.15) is 28.1 Å². The Morgan fingerprint density at radius 1 is 1.27 bits per heavy atom. The summed E-state index contributed by atoms with van der Waals surface area (Å²) in [6.07, 6.45) is 6.77. The summed E-state index contributed by atoms with van der Waals surface area (Å²) in [6, 6.07) is 5.76. The van der Waals surface area contributed by atoms with E-state index in [1.165, 1.54) is 22.2 Å². The number of rotatable bonds is 3. The number of pyridine rings is 1. The number of aryl methyl sites for hydroxylation is 2. The van der Waals surface area contributed by atoms with Crippen LogP contribution in [-0.4, -0.2) is 15.0 Å². The first-order valence-electron chi connectivity index (χ1n) is 7.19. The van der Waals surface area contributed by atoms with Gasteiger partial charge in [0.05, 0.1) is 5.39 Å². The number of hydrogen-bond donors (Lipinski definition) is 1. The van der Waals surface area contributed by atoms with Crippen molar-refractivity contribution in [3.05, 3.63) is 46.4 Å². The summed E-state index contributed by atoms with van der Waals surface area (Å²) in [6.45, 7) is 0.619. The number of nitrogens with one attached hydrogen (secondary N) is 1. The van der Waals surface area contributed by atoms with Crippen molar-refractivity contribution >= 4 is 27.4 Å². The highest BCUT2D eigenvalue weighted by molar-refractivity contribution is 7.19. The lowest BCUT2D eigenvalue weighted by Crippen LogP contribution is -2.03. The molecule has 3 aromatic rings. The van der Waals surface area contributed by atoms with Crippen LogP contribution >= 0.6 is 11.3 Å². The molecule has 0 fully saturated rings. The SMILES string of the molecule is N#Cc1cc(CNc2ncnc3sc4c(c23)CCC4)ccn1. The van der Waals surface area contributed by atoms with E-state index in [4.69, 9.17) is 5.26 Å². The second-order valence-electron chi connectivity index (χ2n) is 5.27. The lowest BCUT2D eigenvalue weighted by molar-refractivity contribution is 0.917. The molecule has 0 saturated carbocycles. The average molecular weight is 307 g/mol. The van der Waals surface area contributed by atoms with Gasteiger partial charge in [0.2, 0.25) is 0 Å². The Bertz CT molecular complexity index is 893. The third-order valence-corrected chi connectivity index (χ3v) is 5.10. The van der Waals surface area contributed by atoms with Gasteiger partial charge in [0, 0.05) is 17.6 Å². The van der Waals surface area contributed by atoms with Crippen molar-refractivity contribution in [1.82, 2.24) is 15.0 Å². The lowest BCUT2D eigenvalue weighted by Gasteiger charge is -2.07. The molecule has 0 aromatic carbocycles. The Labute approximate surface area is 131 Å². The minimum atomic E-state index is 0.434. The van der Waals surface area contributed by atoms with Gasteiger partial charge in [-0.3, -0.25) is 0 Å². The van der Waals surface area contributed by atoms with Crippen LogP contribution in [0.5, 0.6) is 0 Å². The molecule has 0 atom stereocenters. The largest absolute Gasteiger partial charge is 0.365 e. The van der Waals surface area contributed by atoms with Crippen molar-refractivity contribution < 1.29 is 0 Å². The predicted octanol–water partition coefficient (Wildman–Crippen LogP) is 3.06. The second kappa shape index (κ2) is 5.35. The molecule has 22 heavy (non-hydrogen) atoms. The first kappa shape index (κ1) is 13.2. The number of fused-ring (bicyclic) bond motifs is 3. The van der Waals surface area contributed by atoms with Crippen molar-refractivity contribution in [2.75, 3.05) is 5.32 Å². The zero-order chi connectivity index (χ0) is 14.9. The molecule has 3 aromatic heterocycles. The summed E-state index contributed by atoms with van der Waals surface area (Å²) < 4.78 is 0. The van der Waals surface area contributed by atoms with E-state index >= 15 is 0 Å². The van der Waals surface area contributed by atoms with Crippen molar-refractivity contribution in [2.24, 2.45) is 0 Å². The van der Waals surface area contributed by atoms with E-state index in [0.29, 0.717) is 12.2 Å². The Hall–Kier alpha value is -2.52. The number of aromatic nitrogens is 3. The number of hydrogen-bond acceptors (Lipinski definition) is 6. The molecule has 0 aliphatic heterocycles. The summed E-state index contributed by atoms with van der Waals surface area (Å²) in [5.41, 5.74) is 2.87. The molecule has 0 unspecified atom stereocenters. The number of nitriles is 1. The second-order valence-corrected chi connectivity index (χ2v) is 6.36. The minimum absolute atomic E-state index is 0.434. The summed E-state index contributed by atoms with van der Waals surface area (Å²) >= 11 is 1.78. The summed E-state index contributed by atoms with van der Waals surface area (Å²) in [4.78, 5) is 15.3. The predicted molar refractivity (Wildman–Crippen MR) is 85.7 cm³/mol. The molecular weight excluding hydrogens is 294 g/mol. The summed E-state index contributed by atoms with van der Waals surface area (Å²) in [5, 5.41) is 13.5. The van der Waals surface area contributed by atoms with Gasteiger partial charge in [0.15, 0.2) is 0 Å². The maximum Gasteiger partial charge on any atom is 0.140 e. The molecule has 4 rings (SSSR count). The van der Waals surface area contributed by atoms with E-state index in [1.54, 1.807) is 29.9 Å². The fourth-order valence-electron chi connectivity index (χ4n) is 2.89. The van der Waals surface area contributed by atoms with Crippen molar-refractivity contribution in [3.63, 3.8) is 0 Å². The van der Waals surface area contributed by atoms with Crippen LogP contribution in [0.2, 0.25) is 0 Å². The van der Waals surface area contributed by atoms with E-state index in [1.807, 2.05) is 6.07 Å². The van der Waals surface area contributed by atoms with Gasteiger partial charge in [-0.05, 0) is 42.5 Å². The Morgan fingerprint density at radius 2 is 2.23 bits per heavy atom. The van der Waals surface area contributed by atoms with Gasteiger partial charge in [-0.2, -0.15) is 5.26 Å². The number of thiophene rings is 1. The molecule has 0 bridgehead atoms. The molecule has 1 aliphatic rings. The highest BCUT2D eigenvalue weighted by Crippen LogP contribution is 2.39. The molecule has 1 N–H and O–H groups in total. The maximum atomic E-state index is 8.91. The number of nitrogens with zero attached hydrogens (tertiary/aromatic N) is 4. The molecule has 1 aliphatic carbocycles. The van der Waals surface area contributed by atoms with Gasteiger partial charge in [-0.25, -0.2) is 15.0 Å². The average Bonchev–Trinajstić information content (AvgIpc) is 3.13. The molecule has 0 spiro atoms. The van der Waals surface area contributed by atoms with Gasteiger partial charge in [0.1, 0.15) is 28.7 Å². The maximum absolute atomic E-state index is 8.91. The van der Waals surface area contributed by atoms with Gasteiger partial charge in [0.25, 0.3) is 0 Å². The highest BCUT2D eigenvalue weighted by atomic mass is 32.1. The highest BCUT2D eigenvalue weighted by Gasteiger charge is 2.20. The van der Waals surface area contributed by atoms with E-state index in [2.05, 4.69) is 26.3 Å². The number of anilines is 1. The van der Waals surface area contributed by atoms with Crippen LogP contribution in [-0.2, 0) is 19.4 Å². The molecule has 3 heterocycles. The molecule has 108 valence electrons. The standard InChI is InChI=1S/C16H13N5S/c17-7-11-6-10(4-5-18-11)8-19-15-14-12-2-1-3-13(12)22-16(14)21-9-20-15/h4-6,9H,1-3,8H2,(H,19,20,21). The first-order valence-corrected chi connectivity index (χ1v) is 8.01. The van der Waals surface area contributed by atoms with Crippen LogP contribution in [0.3, 0.4) is 0 Å². The molecule has 0 amide bonds. The van der Waals surface area contributed by atoms with E-state index in [0.717, 1.165) is 29.1 Å². The quantitative estimate of drug-likeness (QED) is 0.805. The Balaban J connectivity index is 1.66. The van der Waals surface area contributed by atoms with E-state index in [-0.39, 0.29) is 0 Å². The van der Waals surface area contributed by atoms with Crippen LogP contribution in [0.4, 0.5) is 5.82 Å². The lowest BCUT2D eigenvalue weighted by atomic mass is 10.2. The normalized spacial score (nSPS) is 13.0. The molecule has 6 heteroatoms. The van der Waals surface area contributed by atoms with Gasteiger partial charge in [-0.15, -0.1) is 11.3 Å². The van der Waals surface area contributed by atoms with Gasteiger partial charge < -0.3 is 5.32 Å². The van der Waals surface area contributed by atoms with Crippen LogP contribution in [0.25, 0.3) is 10.2 Å². The van der Waals surface area contributed by atoms with E-state index < -0.39 is 0 Å². The van der Waals surface area contributed by atoms with Crippen molar-refractivity contribution in [1.29, 1.82) is 5.26 Å². The molecule has 5 nitrogen and oxygen atoms in total. The molecule has 0 radical (unpaired) electrons. The smallest absolute Gasteiger partial charge is 0.140 e. The zero-order valence-corrected chi connectivity index (χ0v) is 12.7. The van der Waals surface area contributed by atoms with Crippen molar-refractivity contribution in [2.45, 2.75) is 25.8 Å². The van der Waals surface area contributed by atoms with Crippen LogP contribution in [0.15, 0.2) is 24.7 Å². The van der Waals surface area contributed by atoms with Gasteiger partial charge >= 0.3 is 0 Å². The fourth-order valence-corrected chi connectivity index (χ4v) is 4.12. The minimum Gasteiger partial charge on any atom is -0.365 e. The third-order valence-electron chi connectivity index (χ3n) is 3.90. The Morgan fingerprint density at radius 3 is 3.14 bits per heavy atom. The first-order chi connectivity index (χ1) is 10.8. The molecule has 0 saturated heterocycles. The van der Waals surface area contributed by atoms with Gasteiger partial charge in [-0.1, -0.05) is 0 Å². The summed E-state index contributed by atoms with van der Waals surface area (Å²) in [5.74, 6) is 0.889.